The first-order chi connectivity index (χ1) is 7.31. The van der Waals surface area contributed by atoms with Crippen molar-refractivity contribution in [2.45, 2.75) is 53.5 Å². The van der Waals surface area contributed by atoms with Gasteiger partial charge in [-0.2, -0.15) is 0 Å². The number of nitrogens with zero attached hydrogens (tertiary/aromatic N) is 1. The molecule has 0 spiro atoms. The van der Waals surface area contributed by atoms with Crippen LogP contribution in [0.3, 0.4) is 0 Å². The summed E-state index contributed by atoms with van der Waals surface area (Å²) in [5, 5.41) is 4.67. The molecule has 3 heteroatoms. The second kappa shape index (κ2) is 5.28. The van der Waals surface area contributed by atoms with Gasteiger partial charge < -0.3 is 5.32 Å². The lowest BCUT2D eigenvalue weighted by molar-refractivity contribution is 0.315. The molecule has 0 amide bonds. The van der Waals surface area contributed by atoms with E-state index in [4.69, 9.17) is 0 Å². The van der Waals surface area contributed by atoms with Crippen LogP contribution in [-0.2, 0) is 6.42 Å². The average molecular weight is 240 g/mol. The zero-order chi connectivity index (χ0) is 12.3. The van der Waals surface area contributed by atoms with E-state index in [0.29, 0.717) is 11.5 Å². The lowest BCUT2D eigenvalue weighted by Gasteiger charge is -2.25. The molecule has 16 heavy (non-hydrogen) atoms. The minimum Gasteiger partial charge on any atom is -0.317 e. The standard InChI is InChI=1S/C13H24N2S/c1-9-10(2)16-12(15-9)7-11(14-6)8-13(3,4)5/h11,14H,7-8H2,1-6H3. The fourth-order valence-corrected chi connectivity index (χ4v) is 2.87. The molecule has 1 aromatic heterocycles. The van der Waals surface area contributed by atoms with Gasteiger partial charge in [0.1, 0.15) is 0 Å². The van der Waals surface area contributed by atoms with Crippen LogP contribution in [0.1, 0.15) is 42.8 Å². The molecule has 0 aliphatic rings. The van der Waals surface area contributed by atoms with Crippen LogP contribution in [0.15, 0.2) is 0 Å². The molecule has 1 aromatic rings. The zero-order valence-electron chi connectivity index (χ0n) is 11.3. The highest BCUT2D eigenvalue weighted by Crippen LogP contribution is 2.24. The number of aromatic nitrogens is 1. The minimum atomic E-state index is 0.370. The van der Waals surface area contributed by atoms with Crippen LogP contribution in [0, 0.1) is 19.3 Å². The minimum absolute atomic E-state index is 0.370. The Morgan fingerprint density at radius 1 is 1.31 bits per heavy atom. The fourth-order valence-electron chi connectivity index (χ4n) is 1.85. The fraction of sp³-hybridized carbons (Fsp3) is 0.769. The summed E-state index contributed by atoms with van der Waals surface area (Å²) in [5.74, 6) is 0. The molecule has 1 unspecified atom stereocenters. The van der Waals surface area contributed by atoms with Crippen LogP contribution >= 0.6 is 11.3 Å². The molecule has 1 rings (SSSR count). The first kappa shape index (κ1) is 13.7. The number of aryl methyl sites for hydroxylation is 2. The quantitative estimate of drug-likeness (QED) is 0.873. The van der Waals surface area contributed by atoms with Gasteiger partial charge in [-0.05, 0) is 32.7 Å². The molecule has 2 nitrogen and oxygen atoms in total. The van der Waals surface area contributed by atoms with Gasteiger partial charge in [0.05, 0.1) is 10.7 Å². The monoisotopic (exact) mass is 240 g/mol. The zero-order valence-corrected chi connectivity index (χ0v) is 12.2. The molecule has 0 aliphatic carbocycles. The molecule has 0 saturated heterocycles. The number of hydrogen-bond donors (Lipinski definition) is 1. The smallest absolute Gasteiger partial charge is 0.0946 e. The molecule has 92 valence electrons. The Bertz CT molecular complexity index is 317. The van der Waals surface area contributed by atoms with Gasteiger partial charge in [-0.15, -0.1) is 11.3 Å². The van der Waals surface area contributed by atoms with Crippen molar-refractivity contribution in [1.29, 1.82) is 0 Å². The lowest BCUT2D eigenvalue weighted by atomic mass is 9.87. The highest BCUT2D eigenvalue weighted by atomic mass is 32.1. The molecular formula is C13H24N2S. The third-order valence-corrected chi connectivity index (χ3v) is 3.86. The Kier molecular flexibility index (Phi) is 4.51. The summed E-state index contributed by atoms with van der Waals surface area (Å²) in [6.07, 6.45) is 2.23. The molecule has 1 N–H and O–H groups in total. The summed E-state index contributed by atoms with van der Waals surface area (Å²) in [4.78, 5) is 5.95. The van der Waals surface area contributed by atoms with E-state index in [9.17, 15) is 0 Å². The van der Waals surface area contributed by atoms with Crippen molar-refractivity contribution in [3.8, 4) is 0 Å². The van der Waals surface area contributed by atoms with Crippen LogP contribution in [0.4, 0.5) is 0 Å². The maximum Gasteiger partial charge on any atom is 0.0946 e. The van der Waals surface area contributed by atoms with Crippen molar-refractivity contribution in [2.75, 3.05) is 7.05 Å². The van der Waals surface area contributed by atoms with E-state index in [0.717, 1.165) is 6.42 Å². The second-order valence-electron chi connectivity index (χ2n) is 5.70. The topological polar surface area (TPSA) is 24.9 Å². The first-order valence-corrected chi connectivity index (χ1v) is 6.73. The highest BCUT2D eigenvalue weighted by molar-refractivity contribution is 7.11. The van der Waals surface area contributed by atoms with E-state index >= 15 is 0 Å². The predicted octanol–water partition coefficient (Wildman–Crippen LogP) is 3.33. The molecule has 0 radical (unpaired) electrons. The molecular weight excluding hydrogens is 216 g/mol. The van der Waals surface area contributed by atoms with E-state index in [-0.39, 0.29) is 0 Å². The lowest BCUT2D eigenvalue weighted by Crippen LogP contribution is -2.31. The largest absolute Gasteiger partial charge is 0.317 e. The van der Waals surface area contributed by atoms with Crippen molar-refractivity contribution >= 4 is 11.3 Å². The first-order valence-electron chi connectivity index (χ1n) is 5.92. The van der Waals surface area contributed by atoms with Crippen LogP contribution in [-0.4, -0.2) is 18.1 Å². The van der Waals surface area contributed by atoms with E-state index < -0.39 is 0 Å². The molecule has 0 bridgehead atoms. The summed E-state index contributed by atoms with van der Waals surface area (Å²) in [5.41, 5.74) is 1.56. The Hall–Kier alpha value is -0.410. The Morgan fingerprint density at radius 3 is 2.31 bits per heavy atom. The van der Waals surface area contributed by atoms with Gasteiger partial charge in [-0.1, -0.05) is 20.8 Å². The van der Waals surface area contributed by atoms with E-state index in [1.54, 1.807) is 0 Å². The van der Waals surface area contributed by atoms with Crippen molar-refractivity contribution in [1.82, 2.24) is 10.3 Å². The van der Waals surface area contributed by atoms with Gasteiger partial charge in [0, 0.05) is 17.3 Å². The van der Waals surface area contributed by atoms with Gasteiger partial charge in [0.15, 0.2) is 0 Å². The summed E-state index contributed by atoms with van der Waals surface area (Å²) >= 11 is 1.83. The van der Waals surface area contributed by atoms with E-state index in [1.807, 2.05) is 18.4 Å². The number of rotatable bonds is 4. The van der Waals surface area contributed by atoms with E-state index in [1.165, 1.54) is 22.0 Å². The number of nitrogens with one attached hydrogen (secondary N) is 1. The molecule has 0 aromatic carbocycles. The van der Waals surface area contributed by atoms with Crippen LogP contribution < -0.4 is 5.32 Å². The molecule has 0 fully saturated rings. The normalized spacial score (nSPS) is 14.1. The summed E-state index contributed by atoms with van der Waals surface area (Å²) in [6, 6.07) is 0.532. The summed E-state index contributed by atoms with van der Waals surface area (Å²) in [7, 11) is 2.05. The second-order valence-corrected chi connectivity index (χ2v) is 6.99. The van der Waals surface area contributed by atoms with Crippen molar-refractivity contribution in [3.63, 3.8) is 0 Å². The number of likely N-dealkylation sites (N-methyl/N-ethyl adjacent to an activating group) is 1. The van der Waals surface area contributed by atoms with E-state index in [2.05, 4.69) is 44.9 Å². The molecule has 0 saturated carbocycles. The average Bonchev–Trinajstić information content (AvgIpc) is 2.42. The van der Waals surface area contributed by atoms with Crippen molar-refractivity contribution < 1.29 is 0 Å². The summed E-state index contributed by atoms with van der Waals surface area (Å²) in [6.45, 7) is 11.1. The number of thiazole rings is 1. The van der Waals surface area contributed by atoms with Crippen molar-refractivity contribution in [3.05, 3.63) is 15.6 Å². The molecule has 1 atom stereocenters. The van der Waals surface area contributed by atoms with Crippen LogP contribution in [0.25, 0.3) is 0 Å². The molecule has 1 heterocycles. The van der Waals surface area contributed by atoms with Gasteiger partial charge in [0.25, 0.3) is 0 Å². The van der Waals surface area contributed by atoms with Gasteiger partial charge in [-0.3, -0.25) is 0 Å². The summed E-state index contributed by atoms with van der Waals surface area (Å²) < 4.78 is 0. The van der Waals surface area contributed by atoms with Gasteiger partial charge in [0.2, 0.25) is 0 Å². The number of hydrogen-bond acceptors (Lipinski definition) is 3. The predicted molar refractivity (Wildman–Crippen MR) is 72.2 cm³/mol. The Balaban J connectivity index is 2.63. The van der Waals surface area contributed by atoms with Crippen LogP contribution in [0.2, 0.25) is 0 Å². The van der Waals surface area contributed by atoms with Crippen molar-refractivity contribution in [2.24, 2.45) is 5.41 Å². The third kappa shape index (κ3) is 4.22. The highest BCUT2D eigenvalue weighted by Gasteiger charge is 2.19. The third-order valence-electron chi connectivity index (χ3n) is 2.76. The van der Waals surface area contributed by atoms with Gasteiger partial charge in [-0.25, -0.2) is 4.98 Å². The molecule has 0 aliphatic heterocycles. The SMILES string of the molecule is CNC(Cc1nc(C)c(C)s1)CC(C)(C)C. The maximum atomic E-state index is 4.61. The van der Waals surface area contributed by atoms with Crippen LogP contribution in [0.5, 0.6) is 0 Å². The Morgan fingerprint density at radius 2 is 1.94 bits per heavy atom. The van der Waals surface area contributed by atoms with Gasteiger partial charge >= 0.3 is 0 Å². The maximum absolute atomic E-state index is 4.61. The Labute approximate surface area is 103 Å².